The summed E-state index contributed by atoms with van der Waals surface area (Å²) >= 11 is 2.53. The van der Waals surface area contributed by atoms with Crippen molar-refractivity contribution in [1.82, 2.24) is 15.2 Å². The van der Waals surface area contributed by atoms with Gasteiger partial charge in [0.15, 0.2) is 29.3 Å². The highest BCUT2D eigenvalue weighted by atomic mass is 32.2. The molecule has 4 heterocycles. The molecule has 2 atom stereocenters. The van der Waals surface area contributed by atoms with Crippen LogP contribution in [-0.4, -0.2) is 57.7 Å². The molecule has 0 bridgehead atoms. The molecule has 0 saturated carbocycles. The molecule has 3 aliphatic rings. The first-order chi connectivity index (χ1) is 16.9. The summed E-state index contributed by atoms with van der Waals surface area (Å²) in [5, 5.41) is 19.7. The second kappa shape index (κ2) is 9.30. The molecule has 2 aliphatic heterocycles. The minimum absolute atomic E-state index is 0.120. The Labute approximate surface area is 208 Å². The Bertz CT molecular complexity index is 1290. The van der Waals surface area contributed by atoms with Crippen LogP contribution in [0.3, 0.4) is 0 Å². The van der Waals surface area contributed by atoms with Gasteiger partial charge in [-0.15, -0.1) is 23.1 Å². The summed E-state index contributed by atoms with van der Waals surface area (Å²) in [5.74, 6) is -2.21. The van der Waals surface area contributed by atoms with Crippen LogP contribution in [0.2, 0.25) is 0 Å². The molecule has 3 N–H and O–H groups in total. The van der Waals surface area contributed by atoms with Gasteiger partial charge in [0, 0.05) is 34.8 Å². The maximum Gasteiger partial charge on any atom is 0.276 e. The number of hydrogen-bond donors (Lipinski definition) is 2. The lowest BCUT2D eigenvalue weighted by Crippen LogP contribution is -2.71. The number of nitrogens with zero attached hydrogens (tertiary/aromatic N) is 4. The van der Waals surface area contributed by atoms with E-state index in [1.165, 1.54) is 35.0 Å². The fourth-order valence-electron chi connectivity index (χ4n) is 4.66. The van der Waals surface area contributed by atoms with Gasteiger partial charge >= 0.3 is 0 Å². The molecule has 0 spiro atoms. The molecule has 2 aromatic rings. The smallest absolute Gasteiger partial charge is 0.276 e. The largest absolute Gasteiger partial charge is 0.543 e. The number of aromatic nitrogens is 2. The average Bonchev–Trinajstić information content (AvgIpc) is 3.49. The van der Waals surface area contributed by atoms with E-state index in [-0.39, 0.29) is 22.2 Å². The third kappa shape index (κ3) is 4.14. The van der Waals surface area contributed by atoms with Gasteiger partial charge in [0.1, 0.15) is 24.2 Å². The number of anilines is 1. The number of nitrogen functional groups attached to an aromatic ring is 1. The number of fused-ring (bicyclic) bond motifs is 2. The van der Waals surface area contributed by atoms with Crippen molar-refractivity contribution >= 4 is 51.7 Å². The third-order valence-electron chi connectivity index (χ3n) is 6.19. The summed E-state index contributed by atoms with van der Waals surface area (Å²) < 4.78 is 2.05. The molecular formula is C22H22N6O5S2. The first-order valence-electron chi connectivity index (χ1n) is 10.9. The van der Waals surface area contributed by atoms with E-state index in [0.717, 1.165) is 30.6 Å². The second-order valence-electron chi connectivity index (χ2n) is 8.26. The Morgan fingerprint density at radius 2 is 2.26 bits per heavy atom. The molecule has 1 fully saturated rings. The van der Waals surface area contributed by atoms with Gasteiger partial charge in [-0.1, -0.05) is 5.16 Å². The molecule has 0 aromatic carbocycles. The molecule has 0 radical (unpaired) electrons. The number of nitrogens with two attached hydrogens (primary N) is 1. The van der Waals surface area contributed by atoms with Crippen molar-refractivity contribution in [2.24, 2.45) is 5.16 Å². The molecule has 2 amide bonds. The monoisotopic (exact) mass is 514 g/mol. The van der Waals surface area contributed by atoms with Crippen LogP contribution in [0.1, 0.15) is 23.4 Å². The van der Waals surface area contributed by atoms with Crippen LogP contribution in [-0.2, 0) is 38.6 Å². The number of thiazole rings is 1. The molecule has 2 aromatic heterocycles. The Balaban J connectivity index is 1.36. The zero-order valence-electron chi connectivity index (χ0n) is 18.7. The zero-order valence-corrected chi connectivity index (χ0v) is 20.4. The van der Waals surface area contributed by atoms with E-state index < -0.39 is 29.2 Å². The number of carboxylic acid groups (broad SMARTS) is 1. The van der Waals surface area contributed by atoms with Gasteiger partial charge in [0.2, 0.25) is 0 Å². The highest BCUT2D eigenvalue weighted by Gasteiger charge is 2.53. The summed E-state index contributed by atoms with van der Waals surface area (Å²) in [5.41, 5.74) is 8.69. The number of rotatable bonds is 7. The summed E-state index contributed by atoms with van der Waals surface area (Å²) in [6.45, 7) is 0.364. The van der Waals surface area contributed by atoms with E-state index in [1.807, 2.05) is 12.3 Å². The second-order valence-corrected chi connectivity index (χ2v) is 10.3. The van der Waals surface area contributed by atoms with Crippen molar-refractivity contribution in [3.05, 3.63) is 51.9 Å². The van der Waals surface area contributed by atoms with Crippen LogP contribution in [0.25, 0.3) is 0 Å². The number of nitrogens with one attached hydrogen (secondary N) is 1. The molecule has 182 valence electrons. The normalized spacial score (nSPS) is 21.3. The summed E-state index contributed by atoms with van der Waals surface area (Å²) in [6.07, 6.45) is 4.94. The minimum atomic E-state index is -1.41. The average molecular weight is 515 g/mol. The van der Waals surface area contributed by atoms with Gasteiger partial charge in [0.25, 0.3) is 11.8 Å². The number of aryl methyl sites for hydroxylation is 1. The predicted molar refractivity (Wildman–Crippen MR) is 126 cm³/mol. The molecule has 5 rings (SSSR count). The van der Waals surface area contributed by atoms with Crippen molar-refractivity contribution in [3.63, 3.8) is 0 Å². The molecule has 13 heteroatoms. The van der Waals surface area contributed by atoms with Gasteiger partial charge in [-0.2, -0.15) is 4.57 Å². The van der Waals surface area contributed by atoms with E-state index >= 15 is 0 Å². The lowest BCUT2D eigenvalue weighted by atomic mass is 10.0. The van der Waals surface area contributed by atoms with E-state index in [0.29, 0.717) is 17.9 Å². The van der Waals surface area contributed by atoms with Gasteiger partial charge in [0.05, 0.1) is 11.7 Å². The number of carbonyl (C=O) groups excluding carboxylic acids is 3. The van der Waals surface area contributed by atoms with Gasteiger partial charge in [-0.25, -0.2) is 4.98 Å². The van der Waals surface area contributed by atoms with Crippen molar-refractivity contribution in [1.29, 1.82) is 0 Å². The maximum atomic E-state index is 13.0. The van der Waals surface area contributed by atoms with Crippen molar-refractivity contribution in [2.45, 2.75) is 37.2 Å². The fourth-order valence-corrected chi connectivity index (χ4v) is 6.54. The first kappa shape index (κ1) is 23.3. The van der Waals surface area contributed by atoms with Gasteiger partial charge < -0.3 is 25.8 Å². The summed E-state index contributed by atoms with van der Waals surface area (Å²) in [7, 11) is 1.29. The van der Waals surface area contributed by atoms with E-state index in [2.05, 4.69) is 26.1 Å². The van der Waals surface area contributed by atoms with Crippen molar-refractivity contribution in [2.75, 3.05) is 18.6 Å². The van der Waals surface area contributed by atoms with Crippen LogP contribution >= 0.6 is 23.1 Å². The SMILES string of the molecule is CO/N=C(/C(=O)N[C@H]1C(=O)N2C(C(=O)[O-])=C(C[n+]3cccc4c3CCC4)CS[C@H]12)c1csc(N)n1. The van der Waals surface area contributed by atoms with Crippen LogP contribution in [0.4, 0.5) is 5.13 Å². The Kier molecular flexibility index (Phi) is 6.19. The van der Waals surface area contributed by atoms with E-state index in [4.69, 9.17) is 10.6 Å². The van der Waals surface area contributed by atoms with Crippen LogP contribution in [0.5, 0.6) is 0 Å². The summed E-state index contributed by atoms with van der Waals surface area (Å²) in [4.78, 5) is 48.0. The lowest BCUT2D eigenvalue weighted by molar-refractivity contribution is -0.696. The fraction of sp³-hybridized carbons (Fsp3) is 0.364. The van der Waals surface area contributed by atoms with Gasteiger partial charge in [-0.05, 0) is 18.9 Å². The third-order valence-corrected chi connectivity index (χ3v) is 8.20. The van der Waals surface area contributed by atoms with Crippen LogP contribution in [0, 0.1) is 0 Å². The highest BCUT2D eigenvalue weighted by molar-refractivity contribution is 8.00. The van der Waals surface area contributed by atoms with Crippen LogP contribution < -0.4 is 20.7 Å². The Hall–Kier alpha value is -3.45. The van der Waals surface area contributed by atoms with Crippen molar-refractivity contribution < 1.29 is 28.9 Å². The standard InChI is InChI=1S/C22H22N6O5S2/c1-33-26-15(13-10-35-22(23)24-13)18(29)25-16-19(30)28-17(21(31)32)12(9-34-20(16)28)8-27-7-3-5-11-4-2-6-14(11)27/h3,5,7,10,16,20H,2,4,6,8-9H2,1H3,(H3-,23,24,25,29,31,32)/b26-15+/t16-,20+/m0/s1. The Morgan fingerprint density at radius 3 is 2.97 bits per heavy atom. The maximum absolute atomic E-state index is 13.0. The molecule has 1 saturated heterocycles. The summed E-state index contributed by atoms with van der Waals surface area (Å²) in [6, 6.07) is 3.12. The number of carboxylic acids is 1. The number of pyridine rings is 1. The minimum Gasteiger partial charge on any atom is -0.543 e. The molecule has 1 aliphatic carbocycles. The lowest BCUT2D eigenvalue weighted by Gasteiger charge is -2.50. The van der Waals surface area contributed by atoms with E-state index in [9.17, 15) is 19.5 Å². The number of β-lactam (4-membered cyclic amide) rings is 1. The number of carbonyl (C=O) groups is 3. The number of oxime groups is 1. The first-order valence-corrected chi connectivity index (χ1v) is 12.8. The highest BCUT2D eigenvalue weighted by Crippen LogP contribution is 2.40. The quantitative estimate of drug-likeness (QED) is 0.206. The number of thioether (sulfide) groups is 1. The topological polar surface area (TPSA) is 154 Å². The zero-order chi connectivity index (χ0) is 24.7. The molecule has 11 nitrogen and oxygen atoms in total. The van der Waals surface area contributed by atoms with E-state index in [1.54, 1.807) is 5.38 Å². The predicted octanol–water partition coefficient (Wildman–Crippen LogP) is -1.04. The number of hydrogen-bond acceptors (Lipinski definition) is 10. The molecule has 35 heavy (non-hydrogen) atoms. The van der Waals surface area contributed by atoms with Crippen LogP contribution in [0.15, 0.2) is 40.1 Å². The molecule has 0 unspecified atom stereocenters. The number of aliphatic carboxylic acids is 1. The number of amides is 2. The van der Waals surface area contributed by atoms with Gasteiger partial charge in [-0.3, -0.25) is 14.5 Å². The molecular weight excluding hydrogens is 492 g/mol. The Morgan fingerprint density at radius 1 is 1.43 bits per heavy atom. The van der Waals surface area contributed by atoms with Crippen molar-refractivity contribution in [3.8, 4) is 0 Å².